The maximum absolute atomic E-state index is 12.4. The van der Waals surface area contributed by atoms with Crippen molar-refractivity contribution in [2.75, 3.05) is 18.4 Å². The summed E-state index contributed by atoms with van der Waals surface area (Å²) in [5, 5.41) is 2.77. The second-order valence-corrected chi connectivity index (χ2v) is 9.25. The second-order valence-electron chi connectivity index (χ2n) is 7.49. The zero-order chi connectivity index (χ0) is 19.5. The minimum Gasteiger partial charge on any atom is -0.337 e. The van der Waals surface area contributed by atoms with Gasteiger partial charge in [0.2, 0.25) is 21.8 Å². The van der Waals surface area contributed by atoms with Crippen LogP contribution in [0.4, 0.5) is 5.69 Å². The number of hydrogen-bond acceptors (Lipinski definition) is 4. The molecule has 7 nitrogen and oxygen atoms in total. The van der Waals surface area contributed by atoms with Gasteiger partial charge in [-0.3, -0.25) is 9.59 Å². The van der Waals surface area contributed by atoms with Crippen molar-refractivity contribution in [3.05, 3.63) is 24.3 Å². The smallest absolute Gasteiger partial charge is 0.240 e. The average molecular weight is 381 g/mol. The van der Waals surface area contributed by atoms with Gasteiger partial charge in [-0.25, -0.2) is 13.1 Å². The van der Waals surface area contributed by atoms with E-state index in [1.165, 1.54) is 12.1 Å². The molecule has 8 heteroatoms. The van der Waals surface area contributed by atoms with Crippen LogP contribution in [0.2, 0.25) is 0 Å². The Morgan fingerprint density at radius 2 is 1.85 bits per heavy atom. The molecule has 2 amide bonds. The number of hydrogen-bond donors (Lipinski definition) is 2. The van der Waals surface area contributed by atoms with Crippen molar-refractivity contribution in [2.24, 2.45) is 5.92 Å². The molecule has 0 radical (unpaired) electrons. The van der Waals surface area contributed by atoms with Gasteiger partial charge in [0.05, 0.1) is 10.8 Å². The number of likely N-dealkylation sites (tertiary alicyclic amines) is 1. The van der Waals surface area contributed by atoms with E-state index in [-0.39, 0.29) is 28.7 Å². The molecule has 1 fully saturated rings. The molecule has 1 heterocycles. The lowest BCUT2D eigenvalue weighted by atomic mass is 10.1. The normalized spacial score (nSPS) is 18.2. The summed E-state index contributed by atoms with van der Waals surface area (Å²) in [6.45, 7) is 8.48. The molecule has 1 aromatic carbocycles. The minimum absolute atomic E-state index is 0.0268. The Bertz CT molecular complexity index is 767. The Labute approximate surface area is 155 Å². The summed E-state index contributed by atoms with van der Waals surface area (Å²) in [6, 6.07) is 6.01. The van der Waals surface area contributed by atoms with E-state index in [0.29, 0.717) is 25.2 Å². The molecular formula is C18H27N3O4S. The van der Waals surface area contributed by atoms with E-state index in [1.54, 1.807) is 17.0 Å². The van der Waals surface area contributed by atoms with Gasteiger partial charge in [-0.15, -0.1) is 0 Å². The Morgan fingerprint density at radius 3 is 2.35 bits per heavy atom. The van der Waals surface area contributed by atoms with Crippen LogP contribution in [0.15, 0.2) is 29.2 Å². The molecule has 26 heavy (non-hydrogen) atoms. The summed E-state index contributed by atoms with van der Waals surface area (Å²) in [7, 11) is -3.53. The fourth-order valence-corrected chi connectivity index (χ4v) is 3.95. The van der Waals surface area contributed by atoms with E-state index in [0.717, 1.165) is 0 Å². The lowest BCUT2D eigenvalue weighted by Crippen LogP contribution is -2.42. The highest BCUT2D eigenvalue weighted by Crippen LogP contribution is 2.26. The number of amides is 2. The Kier molecular flexibility index (Phi) is 6.08. The molecule has 144 valence electrons. The molecule has 0 saturated carbocycles. The first-order valence-corrected chi connectivity index (χ1v) is 10.2. The van der Waals surface area contributed by atoms with Crippen molar-refractivity contribution in [1.82, 2.24) is 9.62 Å². The van der Waals surface area contributed by atoms with Crippen LogP contribution in [-0.4, -0.2) is 43.8 Å². The first-order chi connectivity index (χ1) is 12.0. The molecule has 1 aliphatic heterocycles. The first-order valence-electron chi connectivity index (χ1n) is 8.75. The van der Waals surface area contributed by atoms with E-state index in [2.05, 4.69) is 10.0 Å². The summed E-state index contributed by atoms with van der Waals surface area (Å²) in [5.41, 5.74) is 0.194. The molecule has 1 saturated heterocycles. The standard InChI is InChI=1S/C18H27N3O4S/c1-5-10-19-26(24,25)15-8-6-14(7-9-15)20-17(23)13-11-16(22)21(12-13)18(2,3)4/h6-9,13,19H,5,10-12H2,1-4H3,(H,20,23)/t13-/m0/s1. The number of rotatable bonds is 6. The van der Waals surface area contributed by atoms with Crippen LogP contribution < -0.4 is 10.0 Å². The number of nitrogens with zero attached hydrogens (tertiary/aromatic N) is 1. The summed E-state index contributed by atoms with van der Waals surface area (Å²) in [5.74, 6) is -0.665. The lowest BCUT2D eigenvalue weighted by Gasteiger charge is -2.31. The highest BCUT2D eigenvalue weighted by Gasteiger charge is 2.39. The maximum Gasteiger partial charge on any atom is 0.240 e. The van der Waals surface area contributed by atoms with Gasteiger partial charge in [-0.2, -0.15) is 0 Å². The molecule has 1 aromatic rings. The van der Waals surface area contributed by atoms with Crippen LogP contribution in [0.5, 0.6) is 0 Å². The highest BCUT2D eigenvalue weighted by molar-refractivity contribution is 7.89. The van der Waals surface area contributed by atoms with Crippen molar-refractivity contribution in [1.29, 1.82) is 0 Å². The number of sulfonamides is 1. The van der Waals surface area contributed by atoms with Gasteiger partial charge in [-0.05, 0) is 51.5 Å². The number of carbonyl (C=O) groups is 2. The third-order valence-corrected chi connectivity index (χ3v) is 5.76. The largest absolute Gasteiger partial charge is 0.337 e. The predicted molar refractivity (Wildman–Crippen MR) is 100 cm³/mol. The average Bonchev–Trinajstić information content (AvgIpc) is 2.96. The Morgan fingerprint density at radius 1 is 1.23 bits per heavy atom. The molecule has 2 rings (SSSR count). The summed E-state index contributed by atoms with van der Waals surface area (Å²) in [6.07, 6.45) is 0.898. The molecule has 1 aliphatic rings. The Hall–Kier alpha value is -1.93. The summed E-state index contributed by atoms with van der Waals surface area (Å²) in [4.78, 5) is 26.4. The molecular weight excluding hydrogens is 354 g/mol. The fourth-order valence-electron chi connectivity index (χ4n) is 2.81. The molecule has 2 N–H and O–H groups in total. The van der Waals surface area contributed by atoms with Crippen LogP contribution in [0.3, 0.4) is 0 Å². The van der Waals surface area contributed by atoms with E-state index in [1.807, 2.05) is 27.7 Å². The molecule has 0 aromatic heterocycles. The number of benzene rings is 1. The zero-order valence-corrected chi connectivity index (χ0v) is 16.5. The third-order valence-electron chi connectivity index (χ3n) is 4.28. The van der Waals surface area contributed by atoms with Crippen LogP contribution in [0.25, 0.3) is 0 Å². The number of anilines is 1. The zero-order valence-electron chi connectivity index (χ0n) is 15.7. The van der Waals surface area contributed by atoms with Crippen molar-refractivity contribution in [3.8, 4) is 0 Å². The minimum atomic E-state index is -3.53. The summed E-state index contributed by atoms with van der Waals surface area (Å²) < 4.78 is 26.6. The topological polar surface area (TPSA) is 95.6 Å². The van der Waals surface area contributed by atoms with E-state index in [9.17, 15) is 18.0 Å². The van der Waals surface area contributed by atoms with Gasteiger partial charge in [0, 0.05) is 30.7 Å². The van der Waals surface area contributed by atoms with Crippen molar-refractivity contribution in [3.63, 3.8) is 0 Å². The molecule has 1 atom stereocenters. The molecule has 0 aliphatic carbocycles. The molecule has 0 spiro atoms. The van der Waals surface area contributed by atoms with Crippen molar-refractivity contribution < 1.29 is 18.0 Å². The highest BCUT2D eigenvalue weighted by atomic mass is 32.2. The maximum atomic E-state index is 12.4. The van der Waals surface area contributed by atoms with Gasteiger partial charge in [0.1, 0.15) is 0 Å². The van der Waals surface area contributed by atoms with Crippen LogP contribution in [0, 0.1) is 5.92 Å². The molecule has 0 unspecified atom stereocenters. The van der Waals surface area contributed by atoms with E-state index in [4.69, 9.17) is 0 Å². The van der Waals surface area contributed by atoms with Crippen LogP contribution in [0.1, 0.15) is 40.5 Å². The third kappa shape index (κ3) is 4.82. The van der Waals surface area contributed by atoms with Gasteiger partial charge >= 0.3 is 0 Å². The van der Waals surface area contributed by atoms with Gasteiger partial charge in [0.25, 0.3) is 0 Å². The van der Waals surface area contributed by atoms with Gasteiger partial charge < -0.3 is 10.2 Å². The second kappa shape index (κ2) is 7.75. The van der Waals surface area contributed by atoms with Crippen LogP contribution >= 0.6 is 0 Å². The Balaban J connectivity index is 2.01. The number of carbonyl (C=O) groups excluding carboxylic acids is 2. The SMILES string of the molecule is CCCNS(=O)(=O)c1ccc(NC(=O)[C@H]2CC(=O)N(C(C)(C)C)C2)cc1. The summed E-state index contributed by atoms with van der Waals surface area (Å²) >= 11 is 0. The van der Waals surface area contributed by atoms with Crippen molar-refractivity contribution in [2.45, 2.75) is 51.0 Å². The molecule has 0 bridgehead atoms. The van der Waals surface area contributed by atoms with E-state index < -0.39 is 15.9 Å². The van der Waals surface area contributed by atoms with Crippen molar-refractivity contribution >= 4 is 27.5 Å². The quantitative estimate of drug-likeness (QED) is 0.787. The van der Waals surface area contributed by atoms with Gasteiger partial charge in [0.15, 0.2) is 0 Å². The lowest BCUT2D eigenvalue weighted by molar-refractivity contribution is -0.131. The first kappa shape index (κ1) is 20.4. The fraction of sp³-hybridized carbons (Fsp3) is 0.556. The van der Waals surface area contributed by atoms with E-state index >= 15 is 0 Å². The predicted octanol–water partition coefficient (Wildman–Crippen LogP) is 1.96. The number of nitrogens with one attached hydrogen (secondary N) is 2. The van der Waals surface area contributed by atoms with Crippen LogP contribution in [-0.2, 0) is 19.6 Å². The monoisotopic (exact) mass is 381 g/mol. The van der Waals surface area contributed by atoms with Gasteiger partial charge in [-0.1, -0.05) is 6.92 Å².